The molecule has 1 fully saturated rings. The van der Waals surface area contributed by atoms with Gasteiger partial charge in [-0.25, -0.2) is 0 Å². The standard InChI is InChI=1S/C29H21Cl2NO4/c1-2-36-20-13-14-24(31)23(16-20)27(33)25-26(22-12-5-8-17-7-3-4-11-21(17)22)32(29(35)28(25)34)19-10-6-9-18(30)15-19/h3-16,26,33H,2H2,1H3/b27-25+. The van der Waals surface area contributed by atoms with Gasteiger partial charge in [-0.3, -0.25) is 14.5 Å². The van der Waals surface area contributed by atoms with E-state index >= 15 is 0 Å². The van der Waals surface area contributed by atoms with E-state index in [1.165, 1.54) is 4.90 Å². The van der Waals surface area contributed by atoms with Crippen molar-refractivity contribution in [2.24, 2.45) is 0 Å². The largest absolute Gasteiger partial charge is 0.507 e. The van der Waals surface area contributed by atoms with E-state index in [0.29, 0.717) is 28.6 Å². The third-order valence-electron chi connectivity index (χ3n) is 6.15. The van der Waals surface area contributed by atoms with Gasteiger partial charge in [-0.2, -0.15) is 0 Å². The second kappa shape index (κ2) is 9.69. The first-order valence-corrected chi connectivity index (χ1v) is 12.1. The predicted molar refractivity (Wildman–Crippen MR) is 143 cm³/mol. The van der Waals surface area contributed by atoms with Crippen LogP contribution in [0.2, 0.25) is 10.0 Å². The molecule has 1 N–H and O–H groups in total. The number of aliphatic hydroxyl groups excluding tert-OH is 1. The van der Waals surface area contributed by atoms with Crippen LogP contribution in [-0.2, 0) is 9.59 Å². The third kappa shape index (κ3) is 4.11. The molecule has 0 spiro atoms. The lowest BCUT2D eigenvalue weighted by Gasteiger charge is -2.26. The zero-order chi connectivity index (χ0) is 25.4. The summed E-state index contributed by atoms with van der Waals surface area (Å²) in [6.45, 7) is 2.25. The first kappa shape index (κ1) is 23.9. The number of ketones is 1. The minimum atomic E-state index is -0.915. The van der Waals surface area contributed by atoms with Crippen LogP contribution in [0.15, 0.2) is 90.5 Å². The molecule has 1 heterocycles. The van der Waals surface area contributed by atoms with E-state index in [-0.39, 0.29) is 21.9 Å². The summed E-state index contributed by atoms with van der Waals surface area (Å²) in [4.78, 5) is 28.4. The summed E-state index contributed by atoms with van der Waals surface area (Å²) in [6, 6.07) is 24.0. The number of Topliss-reactive ketones (excluding diaryl/α,β-unsaturated/α-hetero) is 1. The monoisotopic (exact) mass is 517 g/mol. The first-order chi connectivity index (χ1) is 17.4. The second-order valence-electron chi connectivity index (χ2n) is 8.29. The van der Waals surface area contributed by atoms with Crippen LogP contribution in [0.3, 0.4) is 0 Å². The molecule has 0 bridgehead atoms. The Bertz CT molecular complexity index is 1540. The number of ether oxygens (including phenoxy) is 1. The molecule has 5 rings (SSSR count). The Hall–Kier alpha value is -3.80. The van der Waals surface area contributed by atoms with Gasteiger partial charge in [-0.1, -0.05) is 71.7 Å². The summed E-state index contributed by atoms with van der Waals surface area (Å²) < 4.78 is 5.57. The molecule has 1 amide bonds. The molecule has 1 saturated heterocycles. The van der Waals surface area contributed by atoms with Gasteiger partial charge >= 0.3 is 0 Å². The molecular weight excluding hydrogens is 497 g/mol. The van der Waals surface area contributed by atoms with Gasteiger partial charge < -0.3 is 9.84 Å². The van der Waals surface area contributed by atoms with Crippen molar-refractivity contribution in [2.75, 3.05) is 11.5 Å². The molecule has 4 aromatic carbocycles. The molecule has 0 radical (unpaired) electrons. The first-order valence-electron chi connectivity index (χ1n) is 11.4. The SMILES string of the molecule is CCOc1ccc(Cl)c(/C(O)=C2\C(=O)C(=O)N(c3cccc(Cl)c3)C2c2cccc3ccccc23)c1. The highest BCUT2D eigenvalue weighted by Gasteiger charge is 2.47. The Labute approximate surface area is 218 Å². The molecule has 1 aliphatic heterocycles. The molecule has 1 unspecified atom stereocenters. The lowest BCUT2D eigenvalue weighted by atomic mass is 9.91. The maximum absolute atomic E-state index is 13.5. The number of carbonyl (C=O) groups is 2. The van der Waals surface area contributed by atoms with Crippen molar-refractivity contribution in [3.8, 4) is 5.75 Å². The smallest absolute Gasteiger partial charge is 0.300 e. The van der Waals surface area contributed by atoms with Crippen LogP contribution in [0.5, 0.6) is 5.75 Å². The predicted octanol–water partition coefficient (Wildman–Crippen LogP) is 7.17. The van der Waals surface area contributed by atoms with Crippen LogP contribution in [0.4, 0.5) is 5.69 Å². The van der Waals surface area contributed by atoms with Gasteiger partial charge in [0.2, 0.25) is 0 Å². The van der Waals surface area contributed by atoms with Gasteiger partial charge in [0.1, 0.15) is 11.5 Å². The highest BCUT2D eigenvalue weighted by Crippen LogP contribution is 2.45. The van der Waals surface area contributed by atoms with Crippen LogP contribution in [0.25, 0.3) is 16.5 Å². The van der Waals surface area contributed by atoms with Crippen molar-refractivity contribution in [1.82, 2.24) is 0 Å². The van der Waals surface area contributed by atoms with Crippen molar-refractivity contribution < 1.29 is 19.4 Å². The molecule has 180 valence electrons. The number of fused-ring (bicyclic) bond motifs is 1. The van der Waals surface area contributed by atoms with Gasteiger partial charge in [-0.15, -0.1) is 0 Å². The Morgan fingerprint density at radius 2 is 1.69 bits per heavy atom. The second-order valence-corrected chi connectivity index (χ2v) is 9.14. The van der Waals surface area contributed by atoms with Crippen LogP contribution < -0.4 is 9.64 Å². The van der Waals surface area contributed by atoms with E-state index < -0.39 is 17.7 Å². The Balaban J connectivity index is 1.81. The maximum atomic E-state index is 13.5. The van der Waals surface area contributed by atoms with Crippen molar-refractivity contribution in [2.45, 2.75) is 13.0 Å². The fourth-order valence-corrected chi connectivity index (χ4v) is 4.99. The molecule has 7 heteroatoms. The number of nitrogens with zero attached hydrogens (tertiary/aromatic N) is 1. The molecule has 1 aliphatic rings. The van der Waals surface area contributed by atoms with Crippen LogP contribution in [0.1, 0.15) is 24.1 Å². The number of halogens is 2. The number of hydrogen-bond donors (Lipinski definition) is 1. The van der Waals surface area contributed by atoms with E-state index in [1.807, 2.05) is 49.4 Å². The molecule has 0 saturated carbocycles. The zero-order valence-electron chi connectivity index (χ0n) is 19.2. The number of carbonyl (C=O) groups excluding carboxylic acids is 2. The fraction of sp³-hybridized carbons (Fsp3) is 0.103. The summed E-state index contributed by atoms with van der Waals surface area (Å²) in [5.74, 6) is -1.48. The molecule has 5 nitrogen and oxygen atoms in total. The molecule has 1 atom stereocenters. The van der Waals surface area contributed by atoms with E-state index in [0.717, 1.165) is 10.8 Å². The lowest BCUT2D eigenvalue weighted by Crippen LogP contribution is -2.29. The van der Waals surface area contributed by atoms with Gasteiger partial charge in [0.25, 0.3) is 11.7 Å². The maximum Gasteiger partial charge on any atom is 0.300 e. The summed E-state index contributed by atoms with van der Waals surface area (Å²) >= 11 is 12.7. The summed E-state index contributed by atoms with van der Waals surface area (Å²) in [7, 11) is 0. The zero-order valence-corrected chi connectivity index (χ0v) is 20.8. The molecule has 0 aliphatic carbocycles. The average Bonchev–Trinajstić information content (AvgIpc) is 3.14. The fourth-order valence-electron chi connectivity index (χ4n) is 4.60. The minimum Gasteiger partial charge on any atom is -0.507 e. The van der Waals surface area contributed by atoms with Crippen molar-refractivity contribution >= 4 is 57.1 Å². The number of benzene rings is 4. The van der Waals surface area contributed by atoms with E-state index in [4.69, 9.17) is 27.9 Å². The molecule has 0 aromatic heterocycles. The number of rotatable bonds is 5. The Morgan fingerprint density at radius 1 is 0.944 bits per heavy atom. The van der Waals surface area contributed by atoms with Crippen molar-refractivity contribution in [3.63, 3.8) is 0 Å². The normalized spacial score (nSPS) is 17.1. The van der Waals surface area contributed by atoms with Crippen LogP contribution in [0, 0.1) is 0 Å². The van der Waals surface area contributed by atoms with Crippen LogP contribution in [-0.4, -0.2) is 23.4 Å². The summed E-state index contributed by atoms with van der Waals surface area (Å²) in [5.41, 5.74) is 1.27. The van der Waals surface area contributed by atoms with E-state index in [1.54, 1.807) is 42.5 Å². The van der Waals surface area contributed by atoms with Crippen molar-refractivity contribution in [3.05, 3.63) is 112 Å². The third-order valence-corrected chi connectivity index (χ3v) is 6.72. The van der Waals surface area contributed by atoms with E-state index in [9.17, 15) is 14.7 Å². The number of anilines is 1. The average molecular weight is 518 g/mol. The minimum absolute atomic E-state index is 0.0631. The summed E-state index contributed by atoms with van der Waals surface area (Å²) in [5, 5.41) is 13.9. The molecular formula is C29H21Cl2NO4. The van der Waals surface area contributed by atoms with Gasteiger partial charge in [0.15, 0.2) is 0 Å². The molecule has 36 heavy (non-hydrogen) atoms. The Kier molecular flexibility index (Phi) is 6.44. The highest BCUT2D eigenvalue weighted by molar-refractivity contribution is 6.52. The Morgan fingerprint density at radius 3 is 2.47 bits per heavy atom. The van der Waals surface area contributed by atoms with Gasteiger partial charge in [-0.05, 0) is 59.7 Å². The van der Waals surface area contributed by atoms with Crippen LogP contribution >= 0.6 is 23.2 Å². The number of amides is 1. The lowest BCUT2D eigenvalue weighted by molar-refractivity contribution is -0.132. The van der Waals surface area contributed by atoms with Gasteiger partial charge in [0.05, 0.1) is 23.2 Å². The highest BCUT2D eigenvalue weighted by atomic mass is 35.5. The topological polar surface area (TPSA) is 66.8 Å². The number of hydrogen-bond acceptors (Lipinski definition) is 4. The van der Waals surface area contributed by atoms with Gasteiger partial charge in [0, 0.05) is 16.3 Å². The van der Waals surface area contributed by atoms with E-state index in [2.05, 4.69) is 0 Å². The summed E-state index contributed by atoms with van der Waals surface area (Å²) in [6.07, 6.45) is 0. The quantitative estimate of drug-likeness (QED) is 0.173. The molecule has 4 aromatic rings. The number of aliphatic hydroxyl groups is 1. The van der Waals surface area contributed by atoms with Crippen molar-refractivity contribution in [1.29, 1.82) is 0 Å².